The highest BCUT2D eigenvalue weighted by Crippen LogP contribution is 2.37. The monoisotopic (exact) mass is 890 g/mol. The topological polar surface area (TPSA) is 303 Å². The van der Waals surface area contributed by atoms with Crippen LogP contribution in [0.1, 0.15) is 174 Å². The molecule has 61 heavy (non-hydrogen) atoms. The van der Waals surface area contributed by atoms with Gasteiger partial charge in [0, 0.05) is 29.6 Å². The maximum atomic E-state index is 13.0. The Hall–Kier alpha value is -4.66. The number of aliphatic hydroxyl groups excluding tert-OH is 1. The van der Waals surface area contributed by atoms with Crippen LogP contribution in [0.5, 0.6) is 0 Å². The highest BCUT2D eigenvalue weighted by molar-refractivity contribution is 7.10. The van der Waals surface area contributed by atoms with Crippen molar-refractivity contribution in [1.29, 1.82) is 0 Å². The predicted octanol–water partition coefficient (Wildman–Crippen LogP) is 3.56. The van der Waals surface area contributed by atoms with E-state index in [1.165, 1.54) is 50.3 Å². The van der Waals surface area contributed by atoms with Crippen molar-refractivity contribution in [3.63, 3.8) is 0 Å². The van der Waals surface area contributed by atoms with Crippen LogP contribution in [0.4, 0.5) is 0 Å². The van der Waals surface area contributed by atoms with Crippen LogP contribution in [0.15, 0.2) is 10.8 Å². The third-order valence-corrected chi connectivity index (χ3v) is 12.1. The van der Waals surface area contributed by atoms with Gasteiger partial charge in [0.2, 0.25) is 29.5 Å². The van der Waals surface area contributed by atoms with Gasteiger partial charge in [0.05, 0.1) is 43.1 Å². The first kappa shape index (κ1) is 50.7. The number of aromatic carboxylic acids is 1. The maximum Gasteiger partial charge on any atom is 0.355 e. The number of Topliss-reactive ketones (excluding diaryl/α,β-unsaturated/α-hetero) is 2. The van der Waals surface area contributed by atoms with Crippen molar-refractivity contribution in [2.75, 3.05) is 0 Å². The van der Waals surface area contributed by atoms with Gasteiger partial charge in [-0.25, -0.2) is 14.8 Å². The lowest BCUT2D eigenvalue weighted by Gasteiger charge is -2.20. The van der Waals surface area contributed by atoms with Crippen LogP contribution >= 0.6 is 22.7 Å². The fourth-order valence-corrected chi connectivity index (χ4v) is 8.13. The number of amides is 5. The van der Waals surface area contributed by atoms with Crippen LogP contribution in [0.3, 0.4) is 0 Å². The first-order valence-corrected chi connectivity index (χ1v) is 22.9. The third kappa shape index (κ3) is 18.5. The molecule has 0 saturated heterocycles. The van der Waals surface area contributed by atoms with Gasteiger partial charge >= 0.3 is 5.97 Å². The Labute approximate surface area is 364 Å². The number of primary amides is 1. The largest absolute Gasteiger partial charge is 0.476 e. The van der Waals surface area contributed by atoms with Crippen molar-refractivity contribution in [1.82, 2.24) is 31.2 Å². The number of aliphatic hydroxyl groups is 1. The fraction of sp³-hybridized carbons (Fsp3) is 0.659. The molecule has 2 unspecified atom stereocenters. The highest BCUT2D eigenvalue weighted by atomic mass is 32.1. The van der Waals surface area contributed by atoms with Gasteiger partial charge in [-0.2, -0.15) is 0 Å². The van der Waals surface area contributed by atoms with Gasteiger partial charge in [-0.3, -0.25) is 33.6 Å². The van der Waals surface area contributed by atoms with E-state index in [2.05, 4.69) is 38.2 Å². The molecule has 4 atom stereocenters. The molecule has 1 fully saturated rings. The fourth-order valence-electron chi connectivity index (χ4n) is 6.55. The standard InChI is InChI=1S/C41H62N8O10S2/c1-3-4-5-6-7-8-9-10-11-12-13-14-32(53)46-27(20-31(42)52)38(57)45-25(2)15-16-26(50)19-34(55)49-41(17-18-41)30(51)21-33(54)44-22-35-47-28(23-60-35)37(56)36(43)39-48-29(24-61-39)40(58)59/h23-25,27,36-37,56H,3-22,43H2,1-2H3,(H2,42,52)(H,44,54)(H,45,57)(H,46,53)(H,49,55)(H,58,59)/t25-,27+,36?,37?/m0/s1. The van der Waals surface area contributed by atoms with E-state index in [0.29, 0.717) is 24.3 Å². The molecule has 10 N–H and O–H groups in total. The van der Waals surface area contributed by atoms with E-state index in [9.17, 15) is 43.5 Å². The summed E-state index contributed by atoms with van der Waals surface area (Å²) in [6.45, 7) is 3.81. The average Bonchev–Trinajstić information content (AvgIpc) is 3.56. The van der Waals surface area contributed by atoms with Gasteiger partial charge in [-0.1, -0.05) is 71.1 Å². The summed E-state index contributed by atoms with van der Waals surface area (Å²) in [5, 5.41) is 33.7. The zero-order valence-corrected chi connectivity index (χ0v) is 36.8. The summed E-state index contributed by atoms with van der Waals surface area (Å²) >= 11 is 2.13. The van der Waals surface area contributed by atoms with E-state index >= 15 is 0 Å². The Morgan fingerprint density at radius 1 is 0.820 bits per heavy atom. The van der Waals surface area contributed by atoms with E-state index < -0.39 is 83.8 Å². The molecule has 18 nitrogen and oxygen atoms in total. The first-order chi connectivity index (χ1) is 29.0. The summed E-state index contributed by atoms with van der Waals surface area (Å²) in [7, 11) is 0. The van der Waals surface area contributed by atoms with Gasteiger partial charge in [-0.15, -0.1) is 22.7 Å². The van der Waals surface area contributed by atoms with Crippen LogP contribution in [0.25, 0.3) is 0 Å². The molecule has 2 aromatic heterocycles. The molecule has 0 aromatic carbocycles. The second-order valence-electron chi connectivity index (χ2n) is 15.8. The number of hydrogen-bond acceptors (Lipinski definition) is 14. The number of nitrogens with one attached hydrogen (secondary N) is 4. The van der Waals surface area contributed by atoms with Crippen LogP contribution < -0.4 is 32.7 Å². The average molecular weight is 891 g/mol. The van der Waals surface area contributed by atoms with E-state index in [1.807, 2.05) is 0 Å². The molecule has 0 radical (unpaired) electrons. The molecule has 1 aliphatic carbocycles. The second kappa shape index (κ2) is 26.0. The van der Waals surface area contributed by atoms with Crippen LogP contribution in [-0.4, -0.2) is 84.9 Å². The van der Waals surface area contributed by atoms with Crippen molar-refractivity contribution in [3.05, 3.63) is 32.2 Å². The van der Waals surface area contributed by atoms with Crippen molar-refractivity contribution in [2.24, 2.45) is 11.5 Å². The predicted molar refractivity (Wildman–Crippen MR) is 228 cm³/mol. The molecular formula is C41H62N8O10S2. The molecule has 1 aliphatic rings. The lowest BCUT2D eigenvalue weighted by Crippen LogP contribution is -2.50. The number of unbranched alkanes of at least 4 members (excludes halogenated alkanes) is 10. The minimum Gasteiger partial charge on any atom is -0.476 e. The zero-order valence-electron chi connectivity index (χ0n) is 35.1. The molecule has 2 aromatic rings. The Morgan fingerprint density at radius 2 is 1.46 bits per heavy atom. The lowest BCUT2D eigenvalue weighted by molar-refractivity contribution is -0.135. The van der Waals surface area contributed by atoms with Crippen molar-refractivity contribution in [2.45, 2.75) is 172 Å². The minimum atomic E-state index is -1.29. The number of carboxylic acids is 1. The van der Waals surface area contributed by atoms with Crippen molar-refractivity contribution in [3.8, 4) is 0 Å². The van der Waals surface area contributed by atoms with Gasteiger partial charge in [0.15, 0.2) is 11.5 Å². The summed E-state index contributed by atoms with van der Waals surface area (Å²) in [6.07, 6.45) is 10.7. The molecule has 5 amide bonds. The third-order valence-electron chi connectivity index (χ3n) is 10.3. The van der Waals surface area contributed by atoms with Gasteiger partial charge < -0.3 is 42.9 Å². The lowest BCUT2D eigenvalue weighted by atomic mass is 10.0. The Balaban J connectivity index is 1.33. The number of hydrogen-bond donors (Lipinski definition) is 8. The summed E-state index contributed by atoms with van der Waals surface area (Å²) in [6, 6.07) is -2.72. The summed E-state index contributed by atoms with van der Waals surface area (Å²) in [5.74, 6) is -5.15. The van der Waals surface area contributed by atoms with E-state index in [0.717, 1.165) is 41.9 Å². The van der Waals surface area contributed by atoms with Crippen molar-refractivity contribution < 1.29 is 48.6 Å². The SMILES string of the molecule is CCCCCCCCCCCCCC(=O)N[C@H](CC(N)=O)C(=O)N[C@@H](C)CCC(=O)CC(=O)NC1(C(=O)CC(=O)NCc2nc(C(O)C(N)c3nc(C(=O)O)cs3)cs2)CC1. The number of carbonyl (C=O) groups is 8. The summed E-state index contributed by atoms with van der Waals surface area (Å²) < 4.78 is 0. The quantitative estimate of drug-likeness (QED) is 0.0386. The molecule has 338 valence electrons. The van der Waals surface area contributed by atoms with Crippen molar-refractivity contribution >= 4 is 69.7 Å². The van der Waals surface area contributed by atoms with Crippen LogP contribution in [0.2, 0.25) is 0 Å². The van der Waals surface area contributed by atoms with Gasteiger partial charge in [0.1, 0.15) is 27.9 Å². The molecule has 3 rings (SSSR count). The summed E-state index contributed by atoms with van der Waals surface area (Å²) in [5.41, 5.74) is 10.2. The number of carboxylic acid groups (broad SMARTS) is 1. The van der Waals surface area contributed by atoms with E-state index in [4.69, 9.17) is 16.6 Å². The molecule has 1 saturated carbocycles. The van der Waals surface area contributed by atoms with E-state index in [-0.39, 0.29) is 54.5 Å². The first-order valence-electron chi connectivity index (χ1n) is 21.1. The van der Waals surface area contributed by atoms with Crippen LogP contribution in [-0.2, 0) is 40.1 Å². The summed E-state index contributed by atoms with van der Waals surface area (Å²) in [4.78, 5) is 108. The molecular weight excluding hydrogens is 829 g/mol. The second-order valence-corrected chi connectivity index (χ2v) is 17.6. The van der Waals surface area contributed by atoms with E-state index in [1.54, 1.807) is 12.3 Å². The number of thiazole rings is 2. The number of rotatable bonds is 32. The van der Waals surface area contributed by atoms with Gasteiger partial charge in [0.25, 0.3) is 0 Å². The maximum absolute atomic E-state index is 13.0. The smallest absolute Gasteiger partial charge is 0.355 e. The Bertz CT molecular complexity index is 1810. The molecule has 0 aliphatic heterocycles. The van der Waals surface area contributed by atoms with Crippen LogP contribution in [0, 0.1) is 0 Å². The van der Waals surface area contributed by atoms with Gasteiger partial charge in [-0.05, 0) is 32.6 Å². The molecule has 0 spiro atoms. The molecule has 2 heterocycles. The Kier molecular flexibility index (Phi) is 21.6. The molecule has 0 bridgehead atoms. The number of aromatic nitrogens is 2. The minimum absolute atomic E-state index is 0.0498. The highest BCUT2D eigenvalue weighted by Gasteiger charge is 2.51. The Morgan fingerprint density at radius 3 is 2.05 bits per heavy atom. The number of carbonyl (C=O) groups excluding carboxylic acids is 7. The molecule has 20 heteroatoms. The number of nitrogens with zero attached hydrogens (tertiary/aromatic N) is 2. The zero-order chi connectivity index (χ0) is 45.0. The number of nitrogens with two attached hydrogens (primary N) is 2. The normalized spacial score (nSPS) is 14.8. The number of ketones is 2.